The Morgan fingerprint density at radius 1 is 0.973 bits per heavy atom. The number of nitrogens with one attached hydrogen (secondary N) is 2. The molecular weight excluding hydrogens is 466 g/mol. The molecule has 0 saturated heterocycles. The molecule has 210 valence electrons. The van der Waals surface area contributed by atoms with Gasteiger partial charge in [0.25, 0.3) is 0 Å². The fourth-order valence-electron chi connectivity index (χ4n) is 4.23. The van der Waals surface area contributed by atoms with Crippen molar-refractivity contribution in [3.8, 4) is 0 Å². The predicted octanol–water partition coefficient (Wildman–Crippen LogP) is 6.15. The molecule has 0 bridgehead atoms. The molecule has 37 heavy (non-hydrogen) atoms. The van der Waals surface area contributed by atoms with E-state index in [4.69, 9.17) is 4.74 Å². The highest BCUT2D eigenvalue weighted by Gasteiger charge is 2.40. The molecular formula is C30H51N3O4. The van der Waals surface area contributed by atoms with Gasteiger partial charge < -0.3 is 20.3 Å². The lowest BCUT2D eigenvalue weighted by Gasteiger charge is -2.40. The molecule has 0 heterocycles. The van der Waals surface area contributed by atoms with Crippen LogP contribution in [0.1, 0.15) is 106 Å². The SMILES string of the molecule is CCC(C)C(NC(=O)OC(C)(C)C)C(=O)N(C(C)CCC(C)C)C(C(=O)NC(C)C)c1cccc(C)c1. The van der Waals surface area contributed by atoms with E-state index in [1.54, 1.807) is 25.7 Å². The number of amides is 3. The summed E-state index contributed by atoms with van der Waals surface area (Å²) in [5, 5.41) is 5.86. The van der Waals surface area contributed by atoms with Crippen molar-refractivity contribution in [2.45, 2.75) is 125 Å². The summed E-state index contributed by atoms with van der Waals surface area (Å²) in [6.07, 6.45) is 1.68. The maximum absolute atomic E-state index is 14.4. The predicted molar refractivity (Wildman–Crippen MR) is 150 cm³/mol. The number of carbonyl (C=O) groups excluding carboxylic acids is 3. The molecule has 1 rings (SSSR count). The number of benzene rings is 1. The molecule has 4 unspecified atom stereocenters. The van der Waals surface area contributed by atoms with Crippen molar-refractivity contribution >= 4 is 17.9 Å². The van der Waals surface area contributed by atoms with Gasteiger partial charge >= 0.3 is 6.09 Å². The monoisotopic (exact) mass is 517 g/mol. The lowest BCUT2D eigenvalue weighted by molar-refractivity contribution is -0.146. The smallest absolute Gasteiger partial charge is 0.408 e. The van der Waals surface area contributed by atoms with Crippen LogP contribution in [0.5, 0.6) is 0 Å². The van der Waals surface area contributed by atoms with Crippen LogP contribution in [0.15, 0.2) is 24.3 Å². The Labute approximate surface area is 225 Å². The van der Waals surface area contributed by atoms with Gasteiger partial charge in [-0.3, -0.25) is 9.59 Å². The van der Waals surface area contributed by atoms with Crippen LogP contribution in [0.4, 0.5) is 4.79 Å². The van der Waals surface area contributed by atoms with Gasteiger partial charge in [-0.15, -0.1) is 0 Å². The van der Waals surface area contributed by atoms with Gasteiger partial charge in [0.2, 0.25) is 11.8 Å². The van der Waals surface area contributed by atoms with Gasteiger partial charge in [-0.05, 0) is 78.7 Å². The van der Waals surface area contributed by atoms with Gasteiger partial charge in [0.1, 0.15) is 17.7 Å². The van der Waals surface area contributed by atoms with Crippen LogP contribution < -0.4 is 10.6 Å². The quantitative estimate of drug-likeness (QED) is 0.348. The standard InChI is InChI=1S/C30H51N3O4/c1-12-22(7)25(32-29(36)37-30(9,10)11)28(35)33(23(8)17-16-19(2)3)26(27(34)31-20(4)5)24-15-13-14-21(6)18-24/h13-15,18-20,22-23,25-26H,12,16-17H2,1-11H3,(H,31,34)(H,32,36). The molecule has 0 aliphatic heterocycles. The highest BCUT2D eigenvalue weighted by atomic mass is 16.6. The van der Waals surface area contributed by atoms with E-state index in [0.29, 0.717) is 12.3 Å². The highest BCUT2D eigenvalue weighted by molar-refractivity contribution is 5.92. The summed E-state index contributed by atoms with van der Waals surface area (Å²) in [7, 11) is 0. The average Bonchev–Trinajstić information content (AvgIpc) is 2.76. The Bertz CT molecular complexity index is 891. The zero-order valence-corrected chi connectivity index (χ0v) is 25.0. The van der Waals surface area contributed by atoms with E-state index in [1.165, 1.54) is 0 Å². The first-order valence-corrected chi connectivity index (χ1v) is 13.8. The van der Waals surface area contributed by atoms with Crippen molar-refractivity contribution in [2.24, 2.45) is 11.8 Å². The number of aryl methyl sites for hydroxylation is 1. The summed E-state index contributed by atoms with van der Waals surface area (Å²) in [5.41, 5.74) is 1.06. The normalized spacial score (nSPS) is 15.1. The Hall–Kier alpha value is -2.57. The van der Waals surface area contributed by atoms with E-state index < -0.39 is 23.8 Å². The minimum atomic E-state index is -0.833. The maximum atomic E-state index is 14.4. The molecule has 7 heteroatoms. The van der Waals surface area contributed by atoms with Gasteiger partial charge in [0.05, 0.1) is 0 Å². The van der Waals surface area contributed by atoms with E-state index in [2.05, 4.69) is 24.5 Å². The second kappa shape index (κ2) is 14.4. The Morgan fingerprint density at radius 2 is 1.59 bits per heavy atom. The van der Waals surface area contributed by atoms with Crippen molar-refractivity contribution in [3.05, 3.63) is 35.4 Å². The molecule has 0 aliphatic carbocycles. The van der Waals surface area contributed by atoms with E-state index in [0.717, 1.165) is 24.0 Å². The molecule has 2 N–H and O–H groups in total. The first-order chi connectivity index (χ1) is 17.1. The lowest BCUT2D eigenvalue weighted by atomic mass is 9.93. The fourth-order valence-corrected chi connectivity index (χ4v) is 4.23. The number of alkyl carbamates (subject to hydrolysis) is 1. The Kier molecular flexibility index (Phi) is 12.6. The van der Waals surface area contributed by atoms with E-state index >= 15 is 0 Å². The molecule has 0 fully saturated rings. The lowest BCUT2D eigenvalue weighted by Crippen LogP contribution is -2.57. The molecule has 0 aromatic heterocycles. The summed E-state index contributed by atoms with van der Waals surface area (Å²) in [6.45, 7) is 21.4. The van der Waals surface area contributed by atoms with Gasteiger partial charge in [-0.1, -0.05) is 63.9 Å². The minimum absolute atomic E-state index is 0.0898. The average molecular weight is 518 g/mol. The molecule has 1 aromatic carbocycles. The van der Waals surface area contributed by atoms with Crippen molar-refractivity contribution in [1.82, 2.24) is 15.5 Å². The van der Waals surface area contributed by atoms with Gasteiger partial charge in [-0.2, -0.15) is 0 Å². The van der Waals surface area contributed by atoms with Crippen LogP contribution in [0.2, 0.25) is 0 Å². The topological polar surface area (TPSA) is 87.7 Å². The number of rotatable bonds is 12. The number of ether oxygens (including phenoxy) is 1. The second-order valence-corrected chi connectivity index (χ2v) is 12.1. The molecule has 0 aliphatic rings. The van der Waals surface area contributed by atoms with Crippen LogP contribution >= 0.6 is 0 Å². The highest BCUT2D eigenvalue weighted by Crippen LogP contribution is 2.29. The Morgan fingerprint density at radius 3 is 2.08 bits per heavy atom. The summed E-state index contributed by atoms with van der Waals surface area (Å²) in [5.74, 6) is -0.218. The third-order valence-corrected chi connectivity index (χ3v) is 6.36. The van der Waals surface area contributed by atoms with Crippen LogP contribution in [-0.4, -0.2) is 46.5 Å². The zero-order chi connectivity index (χ0) is 28.5. The molecule has 4 atom stereocenters. The van der Waals surface area contributed by atoms with E-state index in [1.807, 2.05) is 65.8 Å². The van der Waals surface area contributed by atoms with Crippen molar-refractivity contribution in [3.63, 3.8) is 0 Å². The summed E-state index contributed by atoms with van der Waals surface area (Å²) < 4.78 is 5.49. The molecule has 7 nitrogen and oxygen atoms in total. The van der Waals surface area contributed by atoms with E-state index in [-0.39, 0.29) is 29.8 Å². The van der Waals surface area contributed by atoms with Gasteiger partial charge in [0.15, 0.2) is 0 Å². The van der Waals surface area contributed by atoms with Crippen molar-refractivity contribution < 1.29 is 19.1 Å². The van der Waals surface area contributed by atoms with Crippen molar-refractivity contribution in [2.75, 3.05) is 0 Å². The van der Waals surface area contributed by atoms with Crippen LogP contribution in [0.25, 0.3) is 0 Å². The first kappa shape index (κ1) is 32.5. The van der Waals surface area contributed by atoms with Gasteiger partial charge in [-0.25, -0.2) is 4.79 Å². The summed E-state index contributed by atoms with van der Waals surface area (Å²) in [6, 6.07) is 5.75. The molecule has 1 aromatic rings. The van der Waals surface area contributed by atoms with Crippen LogP contribution in [0, 0.1) is 18.8 Å². The minimum Gasteiger partial charge on any atom is -0.444 e. The number of carbonyl (C=O) groups is 3. The summed E-state index contributed by atoms with van der Waals surface area (Å²) in [4.78, 5) is 42.6. The molecule has 0 saturated carbocycles. The number of hydrogen-bond acceptors (Lipinski definition) is 4. The maximum Gasteiger partial charge on any atom is 0.408 e. The molecule has 0 spiro atoms. The number of nitrogens with zero attached hydrogens (tertiary/aromatic N) is 1. The number of hydrogen-bond donors (Lipinski definition) is 2. The van der Waals surface area contributed by atoms with Crippen LogP contribution in [-0.2, 0) is 14.3 Å². The zero-order valence-electron chi connectivity index (χ0n) is 25.0. The van der Waals surface area contributed by atoms with Crippen LogP contribution in [0.3, 0.4) is 0 Å². The fraction of sp³-hybridized carbons (Fsp3) is 0.700. The second-order valence-electron chi connectivity index (χ2n) is 12.1. The van der Waals surface area contributed by atoms with Crippen molar-refractivity contribution in [1.29, 1.82) is 0 Å². The third-order valence-electron chi connectivity index (χ3n) is 6.36. The largest absolute Gasteiger partial charge is 0.444 e. The Balaban J connectivity index is 3.64. The van der Waals surface area contributed by atoms with Gasteiger partial charge in [0, 0.05) is 12.1 Å². The molecule has 3 amide bonds. The third kappa shape index (κ3) is 10.7. The van der Waals surface area contributed by atoms with E-state index in [9.17, 15) is 14.4 Å². The summed E-state index contributed by atoms with van der Waals surface area (Å²) >= 11 is 0. The molecule has 0 radical (unpaired) electrons. The first-order valence-electron chi connectivity index (χ1n) is 13.8.